The van der Waals surface area contributed by atoms with E-state index in [1.807, 2.05) is 30.4 Å². The van der Waals surface area contributed by atoms with Crippen LogP contribution in [0.4, 0.5) is 0 Å². The van der Waals surface area contributed by atoms with E-state index in [-0.39, 0.29) is 0 Å². The molecule has 1 rings (SSSR count). The molecule has 0 amide bonds. The maximum Gasteiger partial charge on any atom is 0.150 e. The summed E-state index contributed by atoms with van der Waals surface area (Å²) in [5.41, 5.74) is 3.48. The number of allylic oxidation sites excluding steroid dienone is 6. The lowest BCUT2D eigenvalue weighted by Gasteiger charge is -1.91. The fourth-order valence-corrected chi connectivity index (χ4v) is 1.32. The van der Waals surface area contributed by atoms with E-state index in [0.29, 0.717) is 5.56 Å². The predicted octanol–water partition coefficient (Wildman–Crippen LogP) is 4.09. The predicted molar refractivity (Wildman–Crippen MR) is 93.7 cm³/mol. The Bertz CT molecular complexity index is 605. The summed E-state index contributed by atoms with van der Waals surface area (Å²) >= 11 is 0. The van der Waals surface area contributed by atoms with E-state index in [0.717, 1.165) is 36.5 Å². The second kappa shape index (κ2) is 12.1. The highest BCUT2D eigenvalue weighted by atomic mass is 16.2. The molecule has 0 aliphatic rings. The number of hydrogen-bond acceptors (Lipinski definition) is 2. The Balaban J connectivity index is 0.00000211. The van der Waals surface area contributed by atoms with Crippen LogP contribution >= 0.6 is 0 Å². The first-order valence-electron chi connectivity index (χ1n) is 6.88. The maximum absolute atomic E-state index is 10.5. The molecule has 1 N–H and O–H groups in total. The van der Waals surface area contributed by atoms with Crippen molar-refractivity contribution in [2.75, 3.05) is 7.11 Å². The van der Waals surface area contributed by atoms with Crippen LogP contribution in [0.25, 0.3) is 0 Å². The minimum atomic E-state index is 0.653. The monoisotopic (exact) mass is 294 g/mol. The SMILES string of the molecule is C=C(/C=C\C(=C)CC)/C=C/C#Cc1ccc(C=O)cc1.CO. The Hall–Kier alpha value is -2.63. The van der Waals surface area contributed by atoms with Crippen LogP contribution < -0.4 is 0 Å². The topological polar surface area (TPSA) is 37.3 Å². The van der Waals surface area contributed by atoms with Gasteiger partial charge in [0.05, 0.1) is 0 Å². The number of aliphatic hydroxyl groups is 1. The van der Waals surface area contributed by atoms with Gasteiger partial charge in [0.1, 0.15) is 6.29 Å². The highest BCUT2D eigenvalue weighted by Gasteiger charge is 1.88. The van der Waals surface area contributed by atoms with Crippen LogP contribution in [-0.2, 0) is 0 Å². The average Bonchev–Trinajstić information content (AvgIpc) is 2.58. The van der Waals surface area contributed by atoms with Crippen molar-refractivity contribution in [3.05, 3.63) is 84.0 Å². The average molecular weight is 294 g/mol. The van der Waals surface area contributed by atoms with Crippen molar-refractivity contribution < 1.29 is 9.90 Å². The summed E-state index contributed by atoms with van der Waals surface area (Å²) in [7, 11) is 1.00. The molecule has 0 fully saturated rings. The van der Waals surface area contributed by atoms with Crippen molar-refractivity contribution >= 4 is 6.29 Å². The third-order valence-corrected chi connectivity index (χ3v) is 2.63. The quantitative estimate of drug-likeness (QED) is 0.504. The summed E-state index contributed by atoms with van der Waals surface area (Å²) in [6.45, 7) is 9.86. The molecule has 2 heteroatoms. The van der Waals surface area contributed by atoms with E-state index in [2.05, 4.69) is 31.9 Å². The summed E-state index contributed by atoms with van der Waals surface area (Å²) in [5, 5.41) is 7.00. The zero-order chi connectivity index (χ0) is 16.8. The van der Waals surface area contributed by atoms with Crippen LogP contribution in [0.15, 0.2) is 72.9 Å². The number of aliphatic hydroxyl groups excluding tert-OH is 1. The maximum atomic E-state index is 10.5. The summed E-state index contributed by atoms with van der Waals surface area (Å²) in [6, 6.07) is 7.15. The fourth-order valence-electron chi connectivity index (χ4n) is 1.32. The largest absolute Gasteiger partial charge is 0.400 e. The molecule has 2 nitrogen and oxygen atoms in total. The van der Waals surface area contributed by atoms with Gasteiger partial charge in [-0.1, -0.05) is 61.8 Å². The number of benzene rings is 1. The molecule has 1 aromatic carbocycles. The highest BCUT2D eigenvalue weighted by molar-refractivity contribution is 5.74. The Morgan fingerprint density at radius 2 is 1.77 bits per heavy atom. The minimum Gasteiger partial charge on any atom is -0.400 e. The van der Waals surface area contributed by atoms with Gasteiger partial charge in [-0.15, -0.1) is 0 Å². The van der Waals surface area contributed by atoms with Gasteiger partial charge in [0.15, 0.2) is 0 Å². The lowest BCUT2D eigenvalue weighted by Crippen LogP contribution is -1.79. The smallest absolute Gasteiger partial charge is 0.150 e. The highest BCUT2D eigenvalue weighted by Crippen LogP contribution is 2.03. The number of carbonyl (C=O) groups is 1. The van der Waals surface area contributed by atoms with Crippen LogP contribution in [0, 0.1) is 11.8 Å². The Morgan fingerprint density at radius 1 is 1.14 bits per heavy atom. The summed E-state index contributed by atoms with van der Waals surface area (Å²) in [5.74, 6) is 5.93. The third-order valence-electron chi connectivity index (χ3n) is 2.63. The molecular formula is C20H22O2. The Kier molecular flexibility index (Phi) is 10.7. The van der Waals surface area contributed by atoms with Gasteiger partial charge in [0, 0.05) is 18.2 Å². The molecule has 0 aliphatic carbocycles. The Labute approximate surface area is 133 Å². The zero-order valence-corrected chi connectivity index (χ0v) is 13.2. The second-order valence-electron chi connectivity index (χ2n) is 4.26. The molecule has 0 atom stereocenters. The molecular weight excluding hydrogens is 272 g/mol. The Morgan fingerprint density at radius 3 is 2.32 bits per heavy atom. The van der Waals surface area contributed by atoms with Crippen molar-refractivity contribution in [2.24, 2.45) is 0 Å². The van der Waals surface area contributed by atoms with Crippen molar-refractivity contribution in [2.45, 2.75) is 13.3 Å². The first-order chi connectivity index (χ1) is 10.7. The van der Waals surface area contributed by atoms with Gasteiger partial charge in [0.2, 0.25) is 0 Å². The number of aldehydes is 1. The van der Waals surface area contributed by atoms with Crippen molar-refractivity contribution in [3.63, 3.8) is 0 Å². The van der Waals surface area contributed by atoms with E-state index in [9.17, 15) is 4.79 Å². The molecule has 0 radical (unpaired) electrons. The van der Waals surface area contributed by atoms with Gasteiger partial charge < -0.3 is 5.11 Å². The van der Waals surface area contributed by atoms with Gasteiger partial charge in [-0.05, 0) is 36.3 Å². The van der Waals surface area contributed by atoms with Crippen molar-refractivity contribution in [1.29, 1.82) is 0 Å². The molecule has 22 heavy (non-hydrogen) atoms. The second-order valence-corrected chi connectivity index (χ2v) is 4.26. The summed E-state index contributed by atoms with van der Waals surface area (Å²) in [6.07, 6.45) is 9.24. The number of carbonyl (C=O) groups excluding carboxylic acids is 1. The number of hydrogen-bond donors (Lipinski definition) is 1. The van der Waals surface area contributed by atoms with Gasteiger partial charge in [-0.25, -0.2) is 0 Å². The van der Waals surface area contributed by atoms with E-state index in [1.165, 1.54) is 0 Å². The van der Waals surface area contributed by atoms with Crippen molar-refractivity contribution in [1.82, 2.24) is 0 Å². The molecule has 0 saturated carbocycles. The minimum absolute atomic E-state index is 0.653. The molecule has 0 unspecified atom stereocenters. The molecule has 0 bridgehead atoms. The van der Waals surface area contributed by atoms with Gasteiger partial charge in [-0.3, -0.25) is 4.79 Å². The van der Waals surface area contributed by atoms with Crippen molar-refractivity contribution in [3.8, 4) is 11.8 Å². The van der Waals surface area contributed by atoms with Crippen LogP contribution in [0.2, 0.25) is 0 Å². The van der Waals surface area contributed by atoms with Crippen LogP contribution in [0.1, 0.15) is 29.3 Å². The molecule has 0 aromatic heterocycles. The number of rotatable bonds is 5. The van der Waals surface area contributed by atoms with E-state index in [1.54, 1.807) is 18.2 Å². The van der Waals surface area contributed by atoms with Crippen LogP contribution in [-0.4, -0.2) is 18.5 Å². The zero-order valence-electron chi connectivity index (χ0n) is 13.2. The standard InChI is InChI=1S/C19H18O.CH4O/c1-4-16(2)9-10-17(3)7-5-6-8-18-11-13-19(15-20)14-12-18;1-2/h5,7,9-15H,2-4H2,1H3;2H,1H3/b7-5+,10-9-;. The van der Waals surface area contributed by atoms with Gasteiger partial charge in [-0.2, -0.15) is 0 Å². The third kappa shape index (κ3) is 8.52. The molecule has 0 saturated heterocycles. The molecule has 114 valence electrons. The normalized spacial score (nSPS) is 9.59. The molecule has 1 aromatic rings. The molecule has 0 aliphatic heterocycles. The molecule has 0 spiro atoms. The molecule has 0 heterocycles. The summed E-state index contributed by atoms with van der Waals surface area (Å²) < 4.78 is 0. The van der Waals surface area contributed by atoms with E-state index >= 15 is 0 Å². The van der Waals surface area contributed by atoms with E-state index < -0.39 is 0 Å². The lowest BCUT2D eigenvalue weighted by molar-refractivity contribution is 0.112. The van der Waals surface area contributed by atoms with Gasteiger partial charge in [0.25, 0.3) is 0 Å². The lowest BCUT2D eigenvalue weighted by atomic mass is 10.1. The fraction of sp³-hybridized carbons (Fsp3) is 0.150. The van der Waals surface area contributed by atoms with Gasteiger partial charge >= 0.3 is 0 Å². The summed E-state index contributed by atoms with van der Waals surface area (Å²) in [4.78, 5) is 10.5. The van der Waals surface area contributed by atoms with E-state index in [4.69, 9.17) is 5.11 Å². The van der Waals surface area contributed by atoms with Crippen LogP contribution in [0.5, 0.6) is 0 Å². The first kappa shape index (κ1) is 19.4. The van der Waals surface area contributed by atoms with Crippen LogP contribution in [0.3, 0.4) is 0 Å². The first-order valence-corrected chi connectivity index (χ1v) is 6.88.